The number of halogens is 1. The number of aromatic nitrogens is 2. The summed E-state index contributed by atoms with van der Waals surface area (Å²) in [7, 11) is 2.00. The highest BCUT2D eigenvalue weighted by atomic mass is 35.5. The Hall–Kier alpha value is -0.540. The number of hydrogen-bond acceptors (Lipinski definition) is 2. The van der Waals surface area contributed by atoms with Gasteiger partial charge in [-0.1, -0.05) is 45.7 Å². The summed E-state index contributed by atoms with van der Waals surface area (Å²) in [4.78, 5) is 0. The Morgan fingerprint density at radius 2 is 2.05 bits per heavy atom. The van der Waals surface area contributed by atoms with Gasteiger partial charge in [-0.3, -0.25) is 4.68 Å². The molecule has 2 N–H and O–H groups in total. The molecule has 1 aliphatic rings. The summed E-state index contributed by atoms with van der Waals surface area (Å²) in [6.45, 7) is 9.08. The van der Waals surface area contributed by atoms with E-state index in [0.29, 0.717) is 12.0 Å². The molecule has 3 nitrogen and oxygen atoms in total. The van der Waals surface area contributed by atoms with Crippen LogP contribution in [-0.2, 0) is 19.9 Å². The Morgan fingerprint density at radius 3 is 2.57 bits per heavy atom. The summed E-state index contributed by atoms with van der Waals surface area (Å²) in [5.74, 6) is 1.32. The third-order valence-electron chi connectivity index (χ3n) is 5.29. The number of nitrogens with two attached hydrogens (primary N) is 1. The molecule has 0 aliphatic heterocycles. The zero-order chi connectivity index (χ0) is 15.8. The van der Waals surface area contributed by atoms with Gasteiger partial charge in [0.05, 0.1) is 16.4 Å². The van der Waals surface area contributed by atoms with Gasteiger partial charge in [-0.25, -0.2) is 0 Å². The second-order valence-electron chi connectivity index (χ2n) is 7.54. The first-order chi connectivity index (χ1) is 9.76. The van der Waals surface area contributed by atoms with Crippen molar-refractivity contribution in [3.8, 4) is 0 Å². The zero-order valence-electron chi connectivity index (χ0n) is 14.1. The van der Waals surface area contributed by atoms with Crippen LogP contribution in [0, 0.1) is 17.3 Å². The monoisotopic (exact) mass is 311 g/mol. The van der Waals surface area contributed by atoms with Crippen molar-refractivity contribution in [2.45, 2.75) is 65.8 Å². The average molecular weight is 312 g/mol. The third kappa shape index (κ3) is 3.45. The second kappa shape index (κ2) is 6.29. The standard InChI is InChI=1S/C17H30ClN3/c1-6-14-16(18)15(21(5)20-14)10-17(3,4)12-8-7-11(2)9-13(12)19/h11-13H,6-10,19H2,1-5H3. The summed E-state index contributed by atoms with van der Waals surface area (Å²) < 4.78 is 1.96. The van der Waals surface area contributed by atoms with Gasteiger partial charge in [-0.2, -0.15) is 5.10 Å². The number of aryl methyl sites for hydroxylation is 2. The summed E-state index contributed by atoms with van der Waals surface area (Å²) in [5.41, 5.74) is 8.78. The molecule has 0 amide bonds. The first-order valence-electron chi connectivity index (χ1n) is 8.22. The van der Waals surface area contributed by atoms with Crippen molar-refractivity contribution < 1.29 is 0 Å². The van der Waals surface area contributed by atoms with E-state index in [1.165, 1.54) is 12.8 Å². The Labute approximate surface area is 134 Å². The number of rotatable bonds is 4. The Morgan fingerprint density at radius 1 is 1.38 bits per heavy atom. The third-order valence-corrected chi connectivity index (χ3v) is 5.73. The van der Waals surface area contributed by atoms with Crippen molar-refractivity contribution in [2.75, 3.05) is 0 Å². The largest absolute Gasteiger partial charge is 0.327 e. The minimum Gasteiger partial charge on any atom is -0.327 e. The van der Waals surface area contributed by atoms with Gasteiger partial charge in [-0.05, 0) is 42.9 Å². The molecule has 1 fully saturated rings. The summed E-state index contributed by atoms with van der Waals surface area (Å²) in [5, 5.41) is 5.40. The molecule has 3 atom stereocenters. The van der Waals surface area contributed by atoms with Crippen LogP contribution < -0.4 is 5.73 Å². The van der Waals surface area contributed by atoms with Crippen LogP contribution in [0.1, 0.15) is 58.3 Å². The molecule has 21 heavy (non-hydrogen) atoms. The SMILES string of the molecule is CCc1nn(C)c(CC(C)(C)C2CCC(C)CC2N)c1Cl. The molecule has 0 radical (unpaired) electrons. The quantitative estimate of drug-likeness (QED) is 0.914. The van der Waals surface area contributed by atoms with Crippen LogP contribution in [0.2, 0.25) is 5.02 Å². The first kappa shape index (κ1) is 16.8. The van der Waals surface area contributed by atoms with Crippen LogP contribution in [0.25, 0.3) is 0 Å². The van der Waals surface area contributed by atoms with Gasteiger partial charge < -0.3 is 5.73 Å². The fourth-order valence-electron chi connectivity index (χ4n) is 3.97. The van der Waals surface area contributed by atoms with Gasteiger partial charge in [0.25, 0.3) is 0 Å². The van der Waals surface area contributed by atoms with E-state index < -0.39 is 0 Å². The number of hydrogen-bond donors (Lipinski definition) is 1. The van der Waals surface area contributed by atoms with Gasteiger partial charge in [0.1, 0.15) is 0 Å². The maximum Gasteiger partial charge on any atom is 0.0849 e. The summed E-state index contributed by atoms with van der Waals surface area (Å²) in [6.07, 6.45) is 5.50. The highest BCUT2D eigenvalue weighted by molar-refractivity contribution is 6.31. The van der Waals surface area contributed by atoms with Crippen molar-refractivity contribution in [3.63, 3.8) is 0 Å². The van der Waals surface area contributed by atoms with E-state index in [9.17, 15) is 0 Å². The topological polar surface area (TPSA) is 43.8 Å². The maximum atomic E-state index is 6.52. The van der Waals surface area contributed by atoms with Crippen LogP contribution in [-0.4, -0.2) is 15.8 Å². The number of nitrogens with zero attached hydrogens (tertiary/aromatic N) is 2. The van der Waals surface area contributed by atoms with Gasteiger partial charge >= 0.3 is 0 Å². The van der Waals surface area contributed by atoms with E-state index in [4.69, 9.17) is 17.3 Å². The van der Waals surface area contributed by atoms with Crippen LogP contribution in [0.5, 0.6) is 0 Å². The minimum absolute atomic E-state index is 0.155. The van der Waals surface area contributed by atoms with Crippen molar-refractivity contribution in [1.29, 1.82) is 0 Å². The van der Waals surface area contributed by atoms with E-state index >= 15 is 0 Å². The van der Waals surface area contributed by atoms with Gasteiger partial charge in [0, 0.05) is 13.1 Å². The molecule has 120 valence electrons. The second-order valence-corrected chi connectivity index (χ2v) is 7.92. The molecule has 0 bridgehead atoms. The molecule has 1 saturated carbocycles. The zero-order valence-corrected chi connectivity index (χ0v) is 14.9. The lowest BCUT2D eigenvalue weighted by Crippen LogP contribution is -2.44. The van der Waals surface area contributed by atoms with Crippen LogP contribution in [0.4, 0.5) is 0 Å². The van der Waals surface area contributed by atoms with Gasteiger partial charge in [-0.15, -0.1) is 0 Å². The van der Waals surface area contributed by atoms with Crippen molar-refractivity contribution in [2.24, 2.45) is 30.0 Å². The predicted molar refractivity (Wildman–Crippen MR) is 89.6 cm³/mol. The lowest BCUT2D eigenvalue weighted by molar-refractivity contribution is 0.111. The molecule has 1 aliphatic carbocycles. The summed E-state index contributed by atoms with van der Waals surface area (Å²) in [6, 6.07) is 0.307. The van der Waals surface area contributed by atoms with Crippen LogP contribution in [0.15, 0.2) is 0 Å². The van der Waals surface area contributed by atoms with E-state index in [0.717, 1.165) is 41.6 Å². The molecule has 0 aromatic carbocycles. The van der Waals surface area contributed by atoms with Crippen molar-refractivity contribution >= 4 is 11.6 Å². The molecule has 3 unspecified atom stereocenters. The van der Waals surface area contributed by atoms with Gasteiger partial charge in [0.2, 0.25) is 0 Å². The lowest BCUT2D eigenvalue weighted by atomic mass is 9.65. The smallest absolute Gasteiger partial charge is 0.0849 e. The molecule has 1 aromatic heterocycles. The first-order valence-corrected chi connectivity index (χ1v) is 8.59. The molecule has 1 heterocycles. The average Bonchev–Trinajstić information content (AvgIpc) is 2.65. The fraction of sp³-hybridized carbons (Fsp3) is 0.824. The lowest BCUT2D eigenvalue weighted by Gasteiger charge is -2.43. The van der Waals surface area contributed by atoms with E-state index in [1.807, 2.05) is 11.7 Å². The molecule has 0 spiro atoms. The maximum absolute atomic E-state index is 6.52. The van der Waals surface area contributed by atoms with Gasteiger partial charge in [0.15, 0.2) is 0 Å². The normalized spacial score (nSPS) is 27.1. The molecule has 2 rings (SSSR count). The Kier molecular flexibility index (Phi) is 5.04. The Balaban J connectivity index is 2.19. The molecule has 0 saturated heterocycles. The van der Waals surface area contributed by atoms with E-state index in [2.05, 4.69) is 32.8 Å². The molecule has 4 heteroatoms. The fourth-order valence-corrected chi connectivity index (χ4v) is 4.33. The molecular formula is C17H30ClN3. The van der Waals surface area contributed by atoms with Crippen molar-refractivity contribution in [1.82, 2.24) is 9.78 Å². The van der Waals surface area contributed by atoms with E-state index in [-0.39, 0.29) is 5.41 Å². The summed E-state index contributed by atoms with van der Waals surface area (Å²) >= 11 is 6.52. The predicted octanol–water partition coefficient (Wildman–Crippen LogP) is 3.97. The highest BCUT2D eigenvalue weighted by Crippen LogP contribution is 2.42. The molecular weight excluding hydrogens is 282 g/mol. The van der Waals surface area contributed by atoms with E-state index in [1.54, 1.807) is 0 Å². The molecule has 1 aromatic rings. The van der Waals surface area contributed by atoms with Crippen molar-refractivity contribution in [3.05, 3.63) is 16.4 Å². The van der Waals surface area contributed by atoms with Crippen LogP contribution in [0.3, 0.4) is 0 Å². The Bertz CT molecular complexity index is 492. The highest BCUT2D eigenvalue weighted by Gasteiger charge is 2.38. The van der Waals surface area contributed by atoms with Crippen LogP contribution >= 0.6 is 11.6 Å². The minimum atomic E-state index is 0.155.